The Bertz CT molecular complexity index is 929. The zero-order valence-electron chi connectivity index (χ0n) is 16.2. The number of nitrogens with one attached hydrogen (secondary N) is 1. The summed E-state index contributed by atoms with van der Waals surface area (Å²) in [7, 11) is 0. The lowest BCUT2D eigenvalue weighted by Crippen LogP contribution is -2.47. The van der Waals surface area contributed by atoms with Crippen molar-refractivity contribution < 1.29 is 4.39 Å². The first-order valence-electron chi connectivity index (χ1n) is 9.51. The van der Waals surface area contributed by atoms with Gasteiger partial charge in [0.1, 0.15) is 11.6 Å². The van der Waals surface area contributed by atoms with E-state index >= 15 is 0 Å². The molecule has 1 aromatic heterocycles. The number of hydrogen-bond acceptors (Lipinski definition) is 5. The average molecular weight is 377 g/mol. The topological polar surface area (TPSA) is 44.3 Å². The summed E-state index contributed by atoms with van der Waals surface area (Å²) in [5, 5.41) is 3.38. The summed E-state index contributed by atoms with van der Waals surface area (Å²) in [6.07, 6.45) is 1.79. The molecular weight excluding hydrogens is 353 g/mol. The molecule has 1 saturated heterocycles. The number of piperazine rings is 1. The number of anilines is 4. The molecule has 1 aliphatic heterocycles. The fourth-order valence-electron chi connectivity index (χ4n) is 3.58. The summed E-state index contributed by atoms with van der Waals surface area (Å²) in [4.78, 5) is 13.6. The fourth-order valence-corrected chi connectivity index (χ4v) is 3.58. The lowest BCUT2D eigenvalue weighted by atomic mass is 10.1. The fraction of sp³-hybridized carbons (Fsp3) is 0.273. The van der Waals surface area contributed by atoms with Crippen LogP contribution in [-0.2, 0) is 0 Å². The van der Waals surface area contributed by atoms with E-state index in [-0.39, 0.29) is 5.82 Å². The van der Waals surface area contributed by atoms with Gasteiger partial charge in [-0.25, -0.2) is 9.37 Å². The third-order valence-corrected chi connectivity index (χ3v) is 4.89. The van der Waals surface area contributed by atoms with Crippen molar-refractivity contribution in [3.05, 3.63) is 71.7 Å². The number of nitrogens with zero attached hydrogens (tertiary/aromatic N) is 4. The van der Waals surface area contributed by atoms with Crippen LogP contribution in [0.5, 0.6) is 0 Å². The summed E-state index contributed by atoms with van der Waals surface area (Å²) in [6, 6.07) is 14.9. The molecule has 28 heavy (non-hydrogen) atoms. The quantitative estimate of drug-likeness (QED) is 0.734. The van der Waals surface area contributed by atoms with E-state index in [1.807, 2.05) is 18.2 Å². The van der Waals surface area contributed by atoms with Gasteiger partial charge < -0.3 is 15.1 Å². The summed E-state index contributed by atoms with van der Waals surface area (Å²) < 4.78 is 13.1. The van der Waals surface area contributed by atoms with Crippen molar-refractivity contribution in [3.63, 3.8) is 0 Å². The molecule has 0 spiro atoms. The Balaban J connectivity index is 1.43. The molecule has 1 fully saturated rings. The van der Waals surface area contributed by atoms with Crippen molar-refractivity contribution in [2.75, 3.05) is 41.3 Å². The van der Waals surface area contributed by atoms with E-state index in [4.69, 9.17) is 4.98 Å². The van der Waals surface area contributed by atoms with Crippen LogP contribution >= 0.6 is 0 Å². The summed E-state index contributed by atoms with van der Waals surface area (Å²) in [6.45, 7) is 7.52. The van der Waals surface area contributed by atoms with Crippen molar-refractivity contribution in [3.8, 4) is 0 Å². The zero-order valence-corrected chi connectivity index (χ0v) is 16.2. The Morgan fingerprint density at radius 3 is 2.18 bits per heavy atom. The number of halogens is 1. The molecule has 0 aliphatic carbocycles. The van der Waals surface area contributed by atoms with Gasteiger partial charge in [-0.3, -0.25) is 0 Å². The zero-order chi connectivity index (χ0) is 19.5. The molecular formula is C22H24FN5. The maximum atomic E-state index is 13.1. The van der Waals surface area contributed by atoms with Crippen molar-refractivity contribution in [1.82, 2.24) is 9.97 Å². The Kier molecular flexibility index (Phi) is 5.10. The number of benzene rings is 2. The molecule has 2 aromatic carbocycles. The Labute approximate surface area is 164 Å². The van der Waals surface area contributed by atoms with E-state index < -0.39 is 0 Å². The first kappa shape index (κ1) is 18.2. The molecule has 144 valence electrons. The average Bonchev–Trinajstić information content (AvgIpc) is 2.68. The normalized spacial score (nSPS) is 14.2. The van der Waals surface area contributed by atoms with Crippen LogP contribution in [0.1, 0.15) is 11.1 Å². The standard InChI is InChI=1S/C22H24FN5/c1-16-13-17(2)15-19(14-16)25-21-7-8-24-22(26-21)28-11-9-27(10-12-28)20-5-3-18(23)4-6-20/h3-8,13-15H,9-12H2,1-2H3,(H,24,25,26). The van der Waals surface area contributed by atoms with Crippen LogP contribution in [0.25, 0.3) is 0 Å². The van der Waals surface area contributed by atoms with Crippen LogP contribution in [0.4, 0.5) is 27.5 Å². The monoisotopic (exact) mass is 377 g/mol. The number of hydrogen-bond donors (Lipinski definition) is 1. The molecule has 0 atom stereocenters. The molecule has 0 amide bonds. The van der Waals surface area contributed by atoms with Gasteiger partial charge >= 0.3 is 0 Å². The Morgan fingerprint density at radius 2 is 1.50 bits per heavy atom. The van der Waals surface area contributed by atoms with E-state index in [9.17, 15) is 4.39 Å². The van der Waals surface area contributed by atoms with Gasteiger partial charge in [-0.2, -0.15) is 4.98 Å². The molecule has 1 aliphatic rings. The molecule has 0 unspecified atom stereocenters. The van der Waals surface area contributed by atoms with Crippen LogP contribution in [-0.4, -0.2) is 36.1 Å². The first-order chi connectivity index (χ1) is 13.6. The predicted molar refractivity (Wildman–Crippen MR) is 112 cm³/mol. The molecule has 6 heteroatoms. The minimum Gasteiger partial charge on any atom is -0.368 e. The van der Waals surface area contributed by atoms with Gasteiger partial charge in [-0.1, -0.05) is 6.07 Å². The number of aromatic nitrogens is 2. The van der Waals surface area contributed by atoms with Crippen LogP contribution in [0.2, 0.25) is 0 Å². The van der Waals surface area contributed by atoms with Gasteiger partial charge in [0, 0.05) is 43.8 Å². The maximum Gasteiger partial charge on any atom is 0.227 e. The molecule has 0 radical (unpaired) electrons. The second-order valence-electron chi connectivity index (χ2n) is 7.19. The summed E-state index contributed by atoms with van der Waals surface area (Å²) >= 11 is 0. The Morgan fingerprint density at radius 1 is 0.857 bits per heavy atom. The number of aryl methyl sites for hydroxylation is 2. The highest BCUT2D eigenvalue weighted by Crippen LogP contribution is 2.22. The molecule has 4 rings (SSSR count). The summed E-state index contributed by atoms with van der Waals surface area (Å²) in [5.41, 5.74) is 4.51. The highest BCUT2D eigenvalue weighted by atomic mass is 19.1. The van der Waals surface area contributed by atoms with Crippen LogP contribution in [0, 0.1) is 19.7 Å². The maximum absolute atomic E-state index is 13.1. The molecule has 3 aromatic rings. The van der Waals surface area contributed by atoms with Gasteiger partial charge in [-0.15, -0.1) is 0 Å². The molecule has 2 heterocycles. The smallest absolute Gasteiger partial charge is 0.227 e. The van der Waals surface area contributed by atoms with E-state index in [0.29, 0.717) is 0 Å². The van der Waals surface area contributed by atoms with E-state index in [0.717, 1.165) is 49.3 Å². The number of rotatable bonds is 4. The van der Waals surface area contributed by atoms with E-state index in [2.05, 4.69) is 52.1 Å². The van der Waals surface area contributed by atoms with Crippen molar-refractivity contribution in [2.45, 2.75) is 13.8 Å². The van der Waals surface area contributed by atoms with Crippen molar-refractivity contribution in [1.29, 1.82) is 0 Å². The van der Waals surface area contributed by atoms with Gasteiger partial charge in [0.15, 0.2) is 0 Å². The Hall–Kier alpha value is -3.15. The second-order valence-corrected chi connectivity index (χ2v) is 7.19. The highest BCUT2D eigenvalue weighted by molar-refractivity contribution is 5.59. The van der Waals surface area contributed by atoms with Gasteiger partial charge in [0.2, 0.25) is 5.95 Å². The third kappa shape index (κ3) is 4.22. The van der Waals surface area contributed by atoms with Gasteiger partial charge in [-0.05, 0) is 67.4 Å². The summed E-state index contributed by atoms with van der Waals surface area (Å²) in [5.74, 6) is 1.31. The lowest BCUT2D eigenvalue weighted by Gasteiger charge is -2.36. The van der Waals surface area contributed by atoms with E-state index in [1.165, 1.54) is 23.3 Å². The molecule has 5 nitrogen and oxygen atoms in total. The minimum absolute atomic E-state index is 0.205. The van der Waals surface area contributed by atoms with Crippen LogP contribution in [0.15, 0.2) is 54.7 Å². The second kappa shape index (κ2) is 7.84. The SMILES string of the molecule is Cc1cc(C)cc(Nc2ccnc(N3CCN(c4ccc(F)cc4)CC3)n2)c1. The largest absolute Gasteiger partial charge is 0.368 e. The molecule has 1 N–H and O–H groups in total. The highest BCUT2D eigenvalue weighted by Gasteiger charge is 2.19. The predicted octanol–water partition coefficient (Wildman–Crippen LogP) is 4.30. The lowest BCUT2D eigenvalue weighted by molar-refractivity contribution is 0.623. The van der Waals surface area contributed by atoms with Gasteiger partial charge in [0.25, 0.3) is 0 Å². The molecule has 0 saturated carbocycles. The minimum atomic E-state index is -0.205. The van der Waals surface area contributed by atoms with Crippen LogP contribution < -0.4 is 15.1 Å². The van der Waals surface area contributed by atoms with Crippen LogP contribution in [0.3, 0.4) is 0 Å². The van der Waals surface area contributed by atoms with Crippen molar-refractivity contribution in [2.24, 2.45) is 0 Å². The first-order valence-corrected chi connectivity index (χ1v) is 9.51. The van der Waals surface area contributed by atoms with Crippen molar-refractivity contribution >= 4 is 23.1 Å². The molecule has 0 bridgehead atoms. The van der Waals surface area contributed by atoms with E-state index in [1.54, 1.807) is 6.20 Å². The van der Waals surface area contributed by atoms with Gasteiger partial charge in [0.05, 0.1) is 0 Å². The third-order valence-electron chi connectivity index (χ3n) is 4.89.